The quantitative estimate of drug-likeness (QED) is 0.214. The Morgan fingerprint density at radius 3 is 1.76 bits per heavy atom. The van der Waals surface area contributed by atoms with Gasteiger partial charge in [0.2, 0.25) is 11.4 Å². The van der Waals surface area contributed by atoms with Gasteiger partial charge in [0, 0.05) is 17.2 Å². The first-order valence-corrected chi connectivity index (χ1v) is 8.41. The van der Waals surface area contributed by atoms with E-state index in [4.69, 9.17) is 11.6 Å². The highest BCUT2D eigenvalue weighted by atomic mass is 35.5. The molecule has 0 amide bonds. The molecule has 2 rings (SSSR count). The standard InChI is InChI=1S/C19H13ClF6N2O/c20-17(21)14(29)11-15(18(22,23)19(24,25)26)27-28-16(12-7-3-1-4-8-12)13-9-5-2-6-10-13/h1-11,17,27H/b15-11-. The average Bonchev–Trinajstić information content (AvgIpc) is 2.67. The zero-order valence-corrected chi connectivity index (χ0v) is 15.2. The first-order chi connectivity index (χ1) is 13.5. The Morgan fingerprint density at radius 2 is 1.38 bits per heavy atom. The molecule has 0 heterocycles. The van der Waals surface area contributed by atoms with Crippen molar-refractivity contribution >= 4 is 23.1 Å². The average molecular weight is 435 g/mol. The summed E-state index contributed by atoms with van der Waals surface area (Å²) in [6.45, 7) is 0. The number of ketones is 1. The van der Waals surface area contributed by atoms with Gasteiger partial charge in [-0.3, -0.25) is 10.2 Å². The Labute approximate surface area is 166 Å². The van der Waals surface area contributed by atoms with E-state index in [1.54, 1.807) is 66.1 Å². The molecule has 154 valence electrons. The second-order valence-corrected chi connectivity index (χ2v) is 6.02. The molecule has 10 heteroatoms. The predicted molar refractivity (Wildman–Crippen MR) is 96.5 cm³/mol. The second kappa shape index (κ2) is 9.13. The fraction of sp³-hybridized carbons (Fsp3) is 0.158. The number of hydrazone groups is 1. The molecule has 0 saturated heterocycles. The van der Waals surface area contributed by atoms with Crippen LogP contribution in [-0.4, -0.2) is 29.2 Å². The van der Waals surface area contributed by atoms with Crippen molar-refractivity contribution in [2.45, 2.75) is 17.7 Å². The van der Waals surface area contributed by atoms with Crippen molar-refractivity contribution in [3.63, 3.8) is 0 Å². The lowest BCUT2D eigenvalue weighted by Crippen LogP contribution is -2.43. The number of allylic oxidation sites excluding steroid dienone is 2. The number of nitrogens with one attached hydrogen (secondary N) is 1. The van der Waals surface area contributed by atoms with Crippen LogP contribution >= 0.6 is 11.6 Å². The molecule has 0 aliphatic rings. The third-order valence-corrected chi connectivity index (χ3v) is 3.79. The van der Waals surface area contributed by atoms with E-state index in [9.17, 15) is 31.1 Å². The maximum atomic E-state index is 13.8. The van der Waals surface area contributed by atoms with Gasteiger partial charge in [-0.15, -0.1) is 0 Å². The highest BCUT2D eigenvalue weighted by Gasteiger charge is 2.60. The van der Waals surface area contributed by atoms with Crippen LogP contribution < -0.4 is 5.43 Å². The molecule has 0 fully saturated rings. The summed E-state index contributed by atoms with van der Waals surface area (Å²) in [4.78, 5) is 11.3. The highest BCUT2D eigenvalue weighted by molar-refractivity contribution is 6.31. The Morgan fingerprint density at radius 1 is 0.931 bits per heavy atom. The Kier molecular flexibility index (Phi) is 7.07. The smallest absolute Gasteiger partial charge is 0.290 e. The van der Waals surface area contributed by atoms with Gasteiger partial charge in [0.25, 0.3) is 0 Å². The molecular formula is C19H13ClF6N2O. The summed E-state index contributed by atoms with van der Waals surface area (Å²) in [5.41, 5.74) is -2.35. The number of carbonyl (C=O) groups excluding carboxylic acids is 1. The van der Waals surface area contributed by atoms with Gasteiger partial charge in [-0.25, -0.2) is 4.39 Å². The van der Waals surface area contributed by atoms with Crippen LogP contribution in [0.5, 0.6) is 0 Å². The largest absolute Gasteiger partial charge is 0.459 e. The fourth-order valence-corrected chi connectivity index (χ4v) is 2.22. The lowest BCUT2D eigenvalue weighted by molar-refractivity contribution is -0.266. The number of nitrogens with zero attached hydrogens (tertiary/aromatic N) is 1. The van der Waals surface area contributed by atoms with E-state index in [2.05, 4.69) is 5.10 Å². The minimum absolute atomic E-state index is 0.0187. The zero-order valence-electron chi connectivity index (χ0n) is 14.4. The summed E-state index contributed by atoms with van der Waals surface area (Å²) in [7, 11) is 0. The maximum Gasteiger partial charge on any atom is 0.459 e. The van der Waals surface area contributed by atoms with E-state index >= 15 is 0 Å². The molecule has 0 aliphatic carbocycles. The SMILES string of the molecule is O=C(/C=C(\NN=C(c1ccccc1)c1ccccc1)C(F)(F)C(F)(F)F)C(F)Cl. The molecule has 0 spiro atoms. The van der Waals surface area contributed by atoms with Crippen LogP contribution in [0.15, 0.2) is 77.5 Å². The van der Waals surface area contributed by atoms with Crippen molar-refractivity contribution in [2.75, 3.05) is 0 Å². The van der Waals surface area contributed by atoms with E-state index in [0.29, 0.717) is 11.1 Å². The summed E-state index contributed by atoms with van der Waals surface area (Å²) in [5, 5.41) is 3.66. The van der Waals surface area contributed by atoms with E-state index in [1.807, 2.05) is 0 Å². The molecule has 0 bridgehead atoms. The number of halogens is 7. The number of hydrogen-bond donors (Lipinski definition) is 1. The van der Waals surface area contributed by atoms with Crippen molar-refractivity contribution in [3.05, 3.63) is 83.6 Å². The summed E-state index contributed by atoms with van der Waals surface area (Å²) in [5.74, 6) is -7.29. The molecule has 0 radical (unpaired) electrons. The lowest BCUT2D eigenvalue weighted by atomic mass is 10.0. The van der Waals surface area contributed by atoms with Gasteiger partial charge >= 0.3 is 12.1 Å². The first kappa shape index (κ1) is 22.5. The maximum absolute atomic E-state index is 13.8. The molecule has 29 heavy (non-hydrogen) atoms. The summed E-state index contributed by atoms with van der Waals surface area (Å²) < 4.78 is 78.9. The molecule has 0 aliphatic heterocycles. The van der Waals surface area contributed by atoms with Gasteiger partial charge in [0.15, 0.2) is 0 Å². The molecule has 2 aromatic carbocycles. The third kappa shape index (κ3) is 5.60. The van der Waals surface area contributed by atoms with Crippen molar-refractivity contribution in [2.24, 2.45) is 5.10 Å². The number of rotatable bonds is 7. The molecular weight excluding hydrogens is 422 g/mol. The van der Waals surface area contributed by atoms with Crippen LogP contribution in [0.1, 0.15) is 11.1 Å². The molecule has 0 aromatic heterocycles. The van der Waals surface area contributed by atoms with Crippen LogP contribution in [0.3, 0.4) is 0 Å². The number of carbonyl (C=O) groups is 1. The van der Waals surface area contributed by atoms with Crippen LogP contribution in [0.2, 0.25) is 0 Å². The van der Waals surface area contributed by atoms with Gasteiger partial charge in [0.05, 0.1) is 5.71 Å². The monoisotopic (exact) mass is 434 g/mol. The van der Waals surface area contributed by atoms with Gasteiger partial charge in [-0.2, -0.15) is 27.1 Å². The van der Waals surface area contributed by atoms with E-state index < -0.39 is 29.2 Å². The van der Waals surface area contributed by atoms with E-state index in [0.717, 1.165) is 0 Å². The van der Waals surface area contributed by atoms with Crippen molar-refractivity contribution < 1.29 is 31.1 Å². The second-order valence-electron chi connectivity index (χ2n) is 5.64. The number of hydrogen-bond acceptors (Lipinski definition) is 3. The van der Waals surface area contributed by atoms with Crippen molar-refractivity contribution in [3.8, 4) is 0 Å². The van der Waals surface area contributed by atoms with Crippen LogP contribution in [0.4, 0.5) is 26.3 Å². The Balaban J connectivity index is 2.54. The topological polar surface area (TPSA) is 41.5 Å². The third-order valence-electron chi connectivity index (χ3n) is 3.58. The first-order valence-electron chi connectivity index (χ1n) is 7.97. The number of alkyl halides is 7. The normalized spacial score (nSPS) is 13.6. The minimum atomic E-state index is -6.06. The minimum Gasteiger partial charge on any atom is -0.290 e. The number of benzene rings is 2. The Bertz CT molecular complexity index is 854. The molecule has 1 atom stereocenters. The molecule has 3 nitrogen and oxygen atoms in total. The predicted octanol–water partition coefficient (Wildman–Crippen LogP) is 5.21. The molecule has 0 saturated carbocycles. The van der Waals surface area contributed by atoms with E-state index in [1.165, 1.54) is 0 Å². The van der Waals surface area contributed by atoms with Crippen molar-refractivity contribution in [1.82, 2.24) is 5.43 Å². The van der Waals surface area contributed by atoms with Crippen molar-refractivity contribution in [1.29, 1.82) is 0 Å². The molecule has 1 unspecified atom stereocenters. The fourth-order valence-electron chi connectivity index (χ4n) is 2.16. The summed E-state index contributed by atoms with van der Waals surface area (Å²) >= 11 is 4.84. The van der Waals surface area contributed by atoms with Gasteiger partial charge in [-0.1, -0.05) is 72.3 Å². The molecule has 1 N–H and O–H groups in total. The van der Waals surface area contributed by atoms with Crippen LogP contribution in [0.25, 0.3) is 0 Å². The zero-order chi connectivity index (χ0) is 21.7. The molecule has 2 aromatic rings. The Hall–Kier alpha value is -2.81. The van der Waals surface area contributed by atoms with E-state index in [-0.39, 0.29) is 11.8 Å². The summed E-state index contributed by atoms with van der Waals surface area (Å²) in [6, 6.07) is 16.0. The van der Waals surface area contributed by atoms with Gasteiger partial charge in [-0.05, 0) is 0 Å². The van der Waals surface area contributed by atoms with Crippen LogP contribution in [0, 0.1) is 0 Å². The lowest BCUT2D eigenvalue weighted by Gasteiger charge is -2.22. The van der Waals surface area contributed by atoms with Gasteiger partial charge in [0.1, 0.15) is 5.70 Å². The van der Waals surface area contributed by atoms with Gasteiger partial charge < -0.3 is 0 Å². The van der Waals surface area contributed by atoms with Crippen LogP contribution in [-0.2, 0) is 4.79 Å². The highest BCUT2D eigenvalue weighted by Crippen LogP contribution is 2.40. The summed E-state index contributed by atoms with van der Waals surface area (Å²) in [6.07, 6.45) is -6.30.